The fourth-order valence-electron chi connectivity index (χ4n) is 17.4. The Bertz CT molecular complexity index is 4350. The van der Waals surface area contributed by atoms with Crippen molar-refractivity contribution in [2.75, 3.05) is 155 Å². The molecule has 4 saturated heterocycles. The summed E-state index contributed by atoms with van der Waals surface area (Å²) in [6, 6.07) is 61.4. The molecule has 8 aliphatic rings. The van der Waals surface area contributed by atoms with Gasteiger partial charge in [-0.05, 0) is 203 Å². The molecule has 4 N–H and O–H groups in total. The molecule has 18 heteroatoms. The first kappa shape index (κ1) is 80.4. The van der Waals surface area contributed by atoms with Crippen LogP contribution in [0.3, 0.4) is 0 Å². The zero-order valence-electron chi connectivity index (χ0n) is 66.9. The lowest BCUT2D eigenvalue weighted by molar-refractivity contribution is -0.126. The first-order valence-electron chi connectivity index (χ1n) is 41.8. The Morgan fingerprint density at radius 2 is 0.750 bits per heavy atom. The van der Waals surface area contributed by atoms with Crippen molar-refractivity contribution >= 4 is 52.2 Å². The molecule has 0 saturated carbocycles. The van der Waals surface area contributed by atoms with Gasteiger partial charge in [-0.2, -0.15) is 0 Å². The summed E-state index contributed by atoms with van der Waals surface area (Å²) in [5.41, 5.74) is 19.2. The van der Waals surface area contributed by atoms with Gasteiger partial charge in [-0.25, -0.2) is 9.37 Å². The van der Waals surface area contributed by atoms with Gasteiger partial charge >= 0.3 is 0 Å². The van der Waals surface area contributed by atoms with E-state index in [1.807, 2.05) is 30.2 Å². The lowest BCUT2D eigenvalue weighted by Gasteiger charge is -2.34. The third kappa shape index (κ3) is 22.6. The number of hydrogen-bond acceptors (Lipinski definition) is 13. The summed E-state index contributed by atoms with van der Waals surface area (Å²) in [4.78, 5) is 73.8. The van der Waals surface area contributed by atoms with Crippen molar-refractivity contribution in [1.82, 2.24) is 41.0 Å². The number of anilines is 5. The van der Waals surface area contributed by atoms with Crippen LogP contribution < -0.4 is 45.8 Å². The van der Waals surface area contributed by atoms with Crippen LogP contribution in [-0.4, -0.2) is 174 Å². The van der Waals surface area contributed by atoms with Crippen molar-refractivity contribution in [3.05, 3.63) is 249 Å². The Labute approximate surface area is 665 Å². The number of nitrogens with one attached hydrogen (secondary N) is 4. The van der Waals surface area contributed by atoms with Crippen molar-refractivity contribution in [3.63, 3.8) is 0 Å². The second-order valence-electron chi connectivity index (χ2n) is 32.3. The number of rotatable bonds is 20. The summed E-state index contributed by atoms with van der Waals surface area (Å²) in [5, 5.41) is 12.7. The van der Waals surface area contributed by atoms with E-state index in [2.05, 4.69) is 239 Å². The Morgan fingerprint density at radius 1 is 0.357 bits per heavy atom. The summed E-state index contributed by atoms with van der Waals surface area (Å²) < 4.78 is 14.3. The Balaban J connectivity index is 0.000000131. The third-order valence-corrected chi connectivity index (χ3v) is 24.3. The van der Waals surface area contributed by atoms with Crippen LogP contribution in [-0.2, 0) is 64.5 Å². The highest BCUT2D eigenvalue weighted by Crippen LogP contribution is 2.32. The second-order valence-corrected chi connectivity index (χ2v) is 32.3. The smallest absolute Gasteiger partial charge is 0.224 e. The van der Waals surface area contributed by atoms with Crippen LogP contribution >= 0.6 is 0 Å². The summed E-state index contributed by atoms with van der Waals surface area (Å²) in [6.45, 7) is 28.8. The molecular formula is C94H120FN13O4. The molecule has 0 aliphatic carbocycles. The quantitative estimate of drug-likeness (QED) is 0.0573. The Kier molecular flexibility index (Phi) is 28.9. The summed E-state index contributed by atoms with van der Waals surface area (Å²) in [7, 11) is 0. The minimum absolute atomic E-state index is 0.0773. The zero-order valence-corrected chi connectivity index (χ0v) is 66.9. The number of nitrogens with zero attached hydrogens (tertiary/aromatic N) is 9. The lowest BCUT2D eigenvalue weighted by atomic mass is 9.95. The topological polar surface area (TPSA) is 155 Å². The molecule has 7 aromatic carbocycles. The van der Waals surface area contributed by atoms with Gasteiger partial charge in [-0.3, -0.25) is 33.9 Å². The molecule has 8 aliphatic heterocycles. The predicted octanol–water partition coefficient (Wildman–Crippen LogP) is 13.1. The Morgan fingerprint density at radius 3 is 1.22 bits per heavy atom. The van der Waals surface area contributed by atoms with Gasteiger partial charge < -0.3 is 45.8 Å². The maximum atomic E-state index is 14.3. The van der Waals surface area contributed by atoms with Gasteiger partial charge in [0.2, 0.25) is 23.6 Å². The first-order chi connectivity index (χ1) is 54.7. The van der Waals surface area contributed by atoms with Crippen molar-refractivity contribution in [2.24, 2.45) is 23.7 Å². The standard InChI is InChI=1S/C24H30FN3O.C24H31N3O.C23H30N4O.C23H29N3O/c1-18-8-9-23(22(25)15-18)28-12-4-7-21(17-28)24(29)26-11-14-27-13-10-19-5-2-3-6-20(19)16-27;1-19-8-10-23(11-9-19)27-14-4-7-22(18-27)24(28)25-13-16-26-15-12-20-5-2-3-6-21(20)17-26;1-18-6-7-22(25-16-18)27-13-9-20(10-14-27)23(28)24-11-15-26-12-8-19-4-2-3-5-21(19)17-26;1-18-6-8-21(9-7-18)25-14-11-20(12-15-25)23(27)24-13-17-26-16-10-19-4-2-3-5-22(19)26/h2-3,5-6,8-9,15,21H,4,7,10-14,16-17H2,1H3,(H,26,29);2-3,5-6,8-11,22H,4,7,12-18H2,1H3,(H,25,28);2-7,16,20H,8-15,17H2,1H3,(H,24,28);2-9,20H,10-17H2,1H3,(H,24,27). The van der Waals surface area contributed by atoms with Gasteiger partial charge in [0.05, 0.1) is 17.5 Å². The molecule has 16 rings (SSSR count). The van der Waals surface area contributed by atoms with Crippen molar-refractivity contribution in [1.29, 1.82) is 0 Å². The number of aromatic nitrogens is 1. The highest BCUT2D eigenvalue weighted by atomic mass is 19.1. The van der Waals surface area contributed by atoms with Crippen LogP contribution in [0.1, 0.15) is 113 Å². The van der Waals surface area contributed by atoms with E-state index in [9.17, 15) is 23.6 Å². The summed E-state index contributed by atoms with van der Waals surface area (Å²) >= 11 is 0. The maximum Gasteiger partial charge on any atom is 0.224 e. The molecular weight excluding hydrogens is 1390 g/mol. The number of piperidine rings is 4. The molecule has 2 atom stereocenters. The number of benzene rings is 7. The number of fused-ring (bicyclic) bond motifs is 4. The molecule has 2 unspecified atom stereocenters. The van der Waals surface area contributed by atoms with E-state index < -0.39 is 0 Å². The number of carbonyl (C=O) groups is 4. The maximum absolute atomic E-state index is 14.3. The highest BCUT2D eigenvalue weighted by Gasteiger charge is 2.32. The molecule has 4 fully saturated rings. The molecule has 1 aromatic heterocycles. The molecule has 0 radical (unpaired) electrons. The van der Waals surface area contributed by atoms with Crippen LogP contribution in [0.5, 0.6) is 0 Å². The number of pyridine rings is 1. The molecule has 9 heterocycles. The van der Waals surface area contributed by atoms with Gasteiger partial charge in [-0.15, -0.1) is 0 Å². The zero-order chi connectivity index (χ0) is 77.6. The van der Waals surface area contributed by atoms with Crippen molar-refractivity contribution in [3.8, 4) is 0 Å². The number of amides is 4. The molecule has 17 nitrogen and oxygen atoms in total. The largest absolute Gasteiger partial charge is 0.371 e. The van der Waals surface area contributed by atoms with E-state index in [0.717, 1.165) is 226 Å². The fourth-order valence-corrected chi connectivity index (χ4v) is 17.4. The SMILES string of the molecule is Cc1ccc(N2CCC(C(=O)NCCN3CCc4ccccc43)CC2)cc1.Cc1ccc(N2CCC(C(=O)NCCN3CCc4ccccc4C3)CC2)nc1.Cc1ccc(N2CCCC(C(=O)NCCN3CCc4ccccc4C3)C2)c(F)c1.Cc1ccc(N2CCCC(C(=O)NCCN3CCc4ccccc4C3)C2)cc1. The molecule has 112 heavy (non-hydrogen) atoms. The minimum Gasteiger partial charge on any atom is -0.371 e. The predicted molar refractivity (Wildman–Crippen MR) is 453 cm³/mol. The average molecular weight is 1520 g/mol. The van der Waals surface area contributed by atoms with E-state index in [1.165, 1.54) is 72.7 Å². The minimum atomic E-state index is -0.198. The average Bonchev–Trinajstić information content (AvgIpc) is 1.60. The van der Waals surface area contributed by atoms with Gasteiger partial charge in [0.25, 0.3) is 0 Å². The Hall–Kier alpha value is -9.62. The lowest BCUT2D eigenvalue weighted by Crippen LogP contribution is -2.45. The number of hydrogen-bond donors (Lipinski definition) is 4. The fraction of sp³-hybridized carbons (Fsp3) is 0.457. The van der Waals surface area contributed by atoms with Gasteiger partial charge in [-0.1, -0.05) is 139 Å². The summed E-state index contributed by atoms with van der Waals surface area (Å²) in [6.07, 6.45) is 13.8. The van der Waals surface area contributed by atoms with E-state index in [-0.39, 0.29) is 53.1 Å². The molecule has 0 spiro atoms. The van der Waals surface area contributed by atoms with Crippen LogP contribution in [0.2, 0.25) is 0 Å². The number of para-hydroxylation sites is 1. The normalized spacial score (nSPS) is 18.7. The molecule has 0 bridgehead atoms. The first-order valence-corrected chi connectivity index (χ1v) is 41.8. The second kappa shape index (κ2) is 40.2. The number of halogens is 1. The van der Waals surface area contributed by atoms with Crippen LogP contribution in [0.4, 0.5) is 33.0 Å². The molecule has 4 amide bonds. The van der Waals surface area contributed by atoms with Gasteiger partial charge in [0.1, 0.15) is 11.6 Å². The van der Waals surface area contributed by atoms with Crippen molar-refractivity contribution < 1.29 is 23.6 Å². The summed E-state index contributed by atoms with van der Waals surface area (Å²) in [5.74, 6) is 1.88. The molecule has 592 valence electrons. The van der Waals surface area contributed by atoms with Crippen molar-refractivity contribution in [2.45, 2.75) is 124 Å². The molecule has 8 aromatic rings. The highest BCUT2D eigenvalue weighted by molar-refractivity contribution is 5.81. The van der Waals surface area contributed by atoms with Gasteiger partial charge in [0, 0.05) is 186 Å². The monoisotopic (exact) mass is 1510 g/mol. The van der Waals surface area contributed by atoms with Crippen LogP contribution in [0, 0.1) is 57.2 Å². The van der Waals surface area contributed by atoms with Gasteiger partial charge in [0.15, 0.2) is 0 Å². The number of aryl methyl sites for hydroxylation is 4. The number of carbonyl (C=O) groups excluding carboxylic acids is 4. The van der Waals surface area contributed by atoms with E-state index in [1.54, 1.807) is 6.07 Å². The third-order valence-electron chi connectivity index (χ3n) is 24.3. The van der Waals surface area contributed by atoms with Crippen LogP contribution in [0.25, 0.3) is 0 Å². The van der Waals surface area contributed by atoms with E-state index in [0.29, 0.717) is 18.8 Å². The van der Waals surface area contributed by atoms with E-state index in [4.69, 9.17) is 0 Å². The van der Waals surface area contributed by atoms with E-state index >= 15 is 0 Å². The van der Waals surface area contributed by atoms with Crippen LogP contribution in [0.15, 0.2) is 182 Å².